The number of nitrogens with one attached hydrogen (secondary N) is 1. The van der Waals surface area contributed by atoms with E-state index in [1.165, 1.54) is 6.26 Å². The van der Waals surface area contributed by atoms with Crippen LogP contribution in [0.2, 0.25) is 0 Å². The first-order chi connectivity index (χ1) is 7.81. The van der Waals surface area contributed by atoms with Gasteiger partial charge < -0.3 is 14.5 Å². The van der Waals surface area contributed by atoms with Gasteiger partial charge in [-0.05, 0) is 27.7 Å². The van der Waals surface area contributed by atoms with E-state index in [0.29, 0.717) is 0 Å². The van der Waals surface area contributed by atoms with Gasteiger partial charge in [0.15, 0.2) is 5.69 Å². The maximum atomic E-state index is 11.5. The molecule has 1 aromatic rings. The number of oxazole rings is 1. The van der Waals surface area contributed by atoms with Crippen LogP contribution in [0.3, 0.4) is 0 Å². The van der Waals surface area contributed by atoms with E-state index in [4.69, 9.17) is 14.4 Å². The normalized spacial score (nSPS) is 12.6. The zero-order valence-corrected chi connectivity index (χ0v) is 10.3. The van der Waals surface area contributed by atoms with Gasteiger partial charge in [-0.1, -0.05) is 0 Å². The van der Waals surface area contributed by atoms with Crippen molar-refractivity contribution in [3.63, 3.8) is 0 Å². The van der Waals surface area contributed by atoms with Gasteiger partial charge in [-0.2, -0.15) is 5.26 Å². The second-order valence-corrected chi connectivity index (χ2v) is 4.55. The van der Waals surface area contributed by atoms with Crippen molar-refractivity contribution in [2.24, 2.45) is 0 Å². The molecule has 1 atom stereocenters. The van der Waals surface area contributed by atoms with Crippen LogP contribution in [0.4, 0.5) is 4.79 Å². The summed E-state index contributed by atoms with van der Waals surface area (Å²) in [6.07, 6.45) is 0.685. The van der Waals surface area contributed by atoms with Gasteiger partial charge in [0.05, 0.1) is 0 Å². The van der Waals surface area contributed by atoms with Crippen LogP contribution in [0.1, 0.15) is 45.3 Å². The fourth-order valence-corrected chi connectivity index (χ4v) is 1.08. The molecule has 1 aromatic heterocycles. The zero-order chi connectivity index (χ0) is 13.1. The number of nitriles is 1. The summed E-state index contributed by atoms with van der Waals surface area (Å²) in [6.45, 7) is 7.01. The van der Waals surface area contributed by atoms with E-state index >= 15 is 0 Å². The number of hydrogen-bond acceptors (Lipinski definition) is 5. The van der Waals surface area contributed by atoms with Crippen molar-refractivity contribution in [3.8, 4) is 6.07 Å². The molecule has 0 aliphatic carbocycles. The Balaban J connectivity index is 2.58. The number of carbonyl (C=O) groups is 1. The van der Waals surface area contributed by atoms with Gasteiger partial charge in [0, 0.05) is 0 Å². The molecule has 1 amide bonds. The van der Waals surface area contributed by atoms with E-state index in [-0.39, 0.29) is 11.6 Å². The van der Waals surface area contributed by atoms with Crippen LogP contribution in [-0.2, 0) is 4.74 Å². The standard InChI is InChI=1S/C11H15N3O3/c1-7(9-14-8(5-12)6-16-9)13-10(15)17-11(2,3)4/h6-7H,1-4H3,(H,13,15). The summed E-state index contributed by atoms with van der Waals surface area (Å²) in [5.74, 6) is 0.271. The van der Waals surface area contributed by atoms with Gasteiger partial charge in [0.2, 0.25) is 5.89 Å². The molecule has 0 fully saturated rings. The average molecular weight is 237 g/mol. The first-order valence-corrected chi connectivity index (χ1v) is 5.17. The van der Waals surface area contributed by atoms with Crippen molar-refractivity contribution in [2.75, 3.05) is 0 Å². The summed E-state index contributed by atoms with van der Waals surface area (Å²) in [4.78, 5) is 15.3. The number of hydrogen-bond donors (Lipinski definition) is 1. The number of aromatic nitrogens is 1. The molecule has 1 unspecified atom stereocenters. The lowest BCUT2D eigenvalue weighted by atomic mass is 10.2. The van der Waals surface area contributed by atoms with Crippen molar-refractivity contribution in [3.05, 3.63) is 17.8 Å². The summed E-state index contributed by atoms with van der Waals surface area (Å²) in [6, 6.07) is 1.39. The minimum atomic E-state index is -0.557. The van der Waals surface area contributed by atoms with E-state index in [1.54, 1.807) is 27.7 Å². The Labute approximate surface area is 99.6 Å². The molecule has 1 rings (SSSR count). The average Bonchev–Trinajstić information content (AvgIpc) is 2.62. The van der Waals surface area contributed by atoms with Gasteiger partial charge in [-0.3, -0.25) is 0 Å². The molecule has 0 aliphatic heterocycles. The number of ether oxygens (including phenoxy) is 1. The van der Waals surface area contributed by atoms with Gasteiger partial charge in [-0.25, -0.2) is 9.78 Å². The molecule has 17 heavy (non-hydrogen) atoms. The quantitative estimate of drug-likeness (QED) is 0.851. The summed E-state index contributed by atoms with van der Waals surface area (Å²) >= 11 is 0. The predicted octanol–water partition coefficient (Wildman–Crippen LogP) is 2.13. The second kappa shape index (κ2) is 4.87. The molecule has 0 aromatic carbocycles. The molecular formula is C11H15N3O3. The molecule has 0 bridgehead atoms. The van der Waals surface area contributed by atoms with E-state index in [2.05, 4.69) is 10.3 Å². The first kappa shape index (κ1) is 13.0. The minimum Gasteiger partial charge on any atom is -0.445 e. The Kier molecular flexibility index (Phi) is 3.73. The van der Waals surface area contributed by atoms with Gasteiger partial charge in [0.1, 0.15) is 24.0 Å². The van der Waals surface area contributed by atoms with Gasteiger partial charge in [0.25, 0.3) is 0 Å². The Hall–Kier alpha value is -2.03. The molecule has 1 heterocycles. The highest BCUT2D eigenvalue weighted by molar-refractivity contribution is 5.68. The summed E-state index contributed by atoms with van der Waals surface area (Å²) in [5, 5.41) is 11.1. The highest BCUT2D eigenvalue weighted by Gasteiger charge is 2.20. The molecule has 0 spiro atoms. The Morgan fingerprint density at radius 2 is 2.29 bits per heavy atom. The molecule has 92 valence electrons. The topological polar surface area (TPSA) is 88.1 Å². The van der Waals surface area contributed by atoms with Crippen LogP contribution >= 0.6 is 0 Å². The number of nitrogens with zero attached hydrogens (tertiary/aromatic N) is 2. The Morgan fingerprint density at radius 3 is 2.76 bits per heavy atom. The van der Waals surface area contributed by atoms with Crippen molar-refractivity contribution >= 4 is 6.09 Å². The fourth-order valence-electron chi connectivity index (χ4n) is 1.08. The lowest BCUT2D eigenvalue weighted by Gasteiger charge is -2.20. The Morgan fingerprint density at radius 1 is 1.65 bits per heavy atom. The van der Waals surface area contributed by atoms with Crippen LogP contribution < -0.4 is 5.32 Å². The van der Waals surface area contributed by atoms with Crippen molar-refractivity contribution < 1.29 is 13.9 Å². The molecule has 0 aliphatic rings. The predicted molar refractivity (Wildman–Crippen MR) is 59.0 cm³/mol. The third-order valence-corrected chi connectivity index (χ3v) is 1.74. The molecular weight excluding hydrogens is 222 g/mol. The molecule has 6 heteroatoms. The lowest BCUT2D eigenvalue weighted by Crippen LogP contribution is -2.34. The molecule has 6 nitrogen and oxygen atoms in total. The smallest absolute Gasteiger partial charge is 0.408 e. The van der Waals surface area contributed by atoms with Crippen molar-refractivity contribution in [2.45, 2.75) is 39.3 Å². The maximum absolute atomic E-state index is 11.5. The SMILES string of the molecule is CC(NC(=O)OC(C)(C)C)c1nc(C#N)co1. The van der Waals surface area contributed by atoms with Crippen LogP contribution in [0.15, 0.2) is 10.7 Å². The number of carbonyl (C=O) groups excluding carboxylic acids is 1. The molecule has 0 radical (unpaired) electrons. The number of amides is 1. The molecule has 0 saturated carbocycles. The number of alkyl carbamates (subject to hydrolysis) is 1. The summed E-state index contributed by atoms with van der Waals surface area (Å²) < 4.78 is 10.1. The van der Waals surface area contributed by atoms with Crippen LogP contribution in [0.25, 0.3) is 0 Å². The van der Waals surface area contributed by atoms with E-state index in [1.807, 2.05) is 6.07 Å². The monoisotopic (exact) mass is 237 g/mol. The fraction of sp³-hybridized carbons (Fsp3) is 0.545. The second-order valence-electron chi connectivity index (χ2n) is 4.55. The van der Waals surface area contributed by atoms with Gasteiger partial charge in [-0.15, -0.1) is 0 Å². The van der Waals surface area contributed by atoms with Crippen LogP contribution in [0, 0.1) is 11.3 Å². The summed E-state index contributed by atoms with van der Waals surface area (Å²) in [7, 11) is 0. The lowest BCUT2D eigenvalue weighted by molar-refractivity contribution is 0.0501. The zero-order valence-electron chi connectivity index (χ0n) is 10.3. The first-order valence-electron chi connectivity index (χ1n) is 5.17. The van der Waals surface area contributed by atoms with Crippen molar-refractivity contribution in [1.82, 2.24) is 10.3 Å². The van der Waals surface area contributed by atoms with Crippen LogP contribution in [0.5, 0.6) is 0 Å². The maximum Gasteiger partial charge on any atom is 0.408 e. The Bertz CT molecular complexity index is 440. The van der Waals surface area contributed by atoms with Crippen LogP contribution in [-0.4, -0.2) is 16.7 Å². The van der Waals surface area contributed by atoms with Crippen molar-refractivity contribution in [1.29, 1.82) is 5.26 Å². The molecule has 1 N–H and O–H groups in total. The third kappa shape index (κ3) is 4.15. The van der Waals surface area contributed by atoms with E-state index < -0.39 is 17.7 Å². The molecule has 0 saturated heterocycles. The van der Waals surface area contributed by atoms with Gasteiger partial charge >= 0.3 is 6.09 Å². The third-order valence-electron chi connectivity index (χ3n) is 1.74. The number of rotatable bonds is 2. The van der Waals surface area contributed by atoms with E-state index in [9.17, 15) is 4.79 Å². The highest BCUT2D eigenvalue weighted by Crippen LogP contribution is 2.13. The minimum absolute atomic E-state index is 0.179. The van der Waals surface area contributed by atoms with E-state index in [0.717, 1.165) is 0 Å². The largest absolute Gasteiger partial charge is 0.445 e. The highest BCUT2D eigenvalue weighted by atomic mass is 16.6. The summed E-state index contributed by atoms with van der Waals surface area (Å²) in [5.41, 5.74) is -0.379.